The van der Waals surface area contributed by atoms with Crippen molar-refractivity contribution in [3.05, 3.63) is 87.7 Å². The molecule has 1 heterocycles. The van der Waals surface area contributed by atoms with E-state index >= 15 is 0 Å². The number of nitrogens with one attached hydrogen (secondary N) is 1. The summed E-state index contributed by atoms with van der Waals surface area (Å²) in [6.45, 7) is 3.25. The quantitative estimate of drug-likeness (QED) is 0.612. The van der Waals surface area contributed by atoms with Gasteiger partial charge in [-0.3, -0.25) is 19.6 Å². The van der Waals surface area contributed by atoms with E-state index in [4.69, 9.17) is 16.3 Å². The molecule has 0 radical (unpaired) electrons. The van der Waals surface area contributed by atoms with E-state index < -0.39 is 24.4 Å². The van der Waals surface area contributed by atoms with E-state index in [1.54, 1.807) is 54.9 Å². The number of carbonyl (C=O) groups excluding carboxylic acids is 3. The highest BCUT2D eigenvalue weighted by Crippen LogP contribution is 2.20. The van der Waals surface area contributed by atoms with Crippen LogP contribution in [0, 0.1) is 13.8 Å². The number of halogens is 1. The van der Waals surface area contributed by atoms with E-state index in [1.165, 1.54) is 0 Å². The Labute approximate surface area is 178 Å². The number of hydrogen-bond donors (Lipinski definition) is 1. The monoisotopic (exact) mass is 425 g/mol. The van der Waals surface area contributed by atoms with Gasteiger partial charge in [-0.25, -0.2) is 4.79 Å². The fourth-order valence-corrected chi connectivity index (χ4v) is 3.16. The smallest absolute Gasteiger partial charge is 0.342 e. The fourth-order valence-electron chi connectivity index (χ4n) is 2.96. The number of aromatic nitrogens is 2. The zero-order valence-electron chi connectivity index (χ0n) is 16.5. The molecule has 0 atom stereocenters. The number of carbonyl (C=O) groups is 3. The first-order valence-electron chi connectivity index (χ1n) is 9.20. The van der Waals surface area contributed by atoms with E-state index in [1.807, 2.05) is 18.2 Å². The third-order valence-corrected chi connectivity index (χ3v) is 4.86. The minimum Gasteiger partial charge on any atom is -0.452 e. The van der Waals surface area contributed by atoms with Gasteiger partial charge in [0.2, 0.25) is 0 Å². The molecule has 2 amide bonds. The van der Waals surface area contributed by atoms with Crippen LogP contribution in [0.1, 0.15) is 37.7 Å². The SMILES string of the molecule is Cc1nn(Cc2ccccc2Cl)c(C)c1C(=O)OCC(=O)NC(=O)c1ccccc1. The van der Waals surface area contributed by atoms with Crippen LogP contribution in [0.25, 0.3) is 0 Å². The highest BCUT2D eigenvalue weighted by molar-refractivity contribution is 6.31. The summed E-state index contributed by atoms with van der Waals surface area (Å²) < 4.78 is 6.75. The molecule has 7 nitrogen and oxygen atoms in total. The van der Waals surface area contributed by atoms with Crippen molar-refractivity contribution in [2.45, 2.75) is 20.4 Å². The summed E-state index contributed by atoms with van der Waals surface area (Å²) in [6.07, 6.45) is 0. The van der Waals surface area contributed by atoms with Crippen molar-refractivity contribution in [2.75, 3.05) is 6.61 Å². The van der Waals surface area contributed by atoms with E-state index in [9.17, 15) is 14.4 Å². The Morgan fingerprint density at radius 3 is 2.40 bits per heavy atom. The molecule has 0 spiro atoms. The van der Waals surface area contributed by atoms with Crippen molar-refractivity contribution in [1.82, 2.24) is 15.1 Å². The van der Waals surface area contributed by atoms with Gasteiger partial charge in [-0.2, -0.15) is 5.10 Å². The predicted octanol–water partition coefficient (Wildman–Crippen LogP) is 3.32. The Morgan fingerprint density at radius 2 is 1.70 bits per heavy atom. The van der Waals surface area contributed by atoms with Crippen LogP contribution in [0.3, 0.4) is 0 Å². The van der Waals surface area contributed by atoms with Crippen molar-refractivity contribution in [3.63, 3.8) is 0 Å². The maximum Gasteiger partial charge on any atom is 0.342 e. The van der Waals surface area contributed by atoms with Crippen LogP contribution in [-0.2, 0) is 16.1 Å². The lowest BCUT2D eigenvalue weighted by atomic mass is 10.2. The summed E-state index contributed by atoms with van der Waals surface area (Å²) in [5.41, 5.74) is 2.56. The first kappa shape index (κ1) is 21.3. The van der Waals surface area contributed by atoms with Crippen molar-refractivity contribution in [1.29, 1.82) is 0 Å². The molecular formula is C22H20ClN3O4. The molecule has 0 bridgehead atoms. The van der Waals surface area contributed by atoms with Gasteiger partial charge in [0.1, 0.15) is 5.56 Å². The lowest BCUT2D eigenvalue weighted by Gasteiger charge is -2.08. The summed E-state index contributed by atoms with van der Waals surface area (Å²) >= 11 is 6.20. The number of imide groups is 1. The Balaban J connectivity index is 1.63. The molecule has 0 fully saturated rings. The third kappa shape index (κ3) is 4.93. The number of esters is 1. The molecule has 0 saturated heterocycles. The number of benzene rings is 2. The summed E-state index contributed by atoms with van der Waals surface area (Å²) in [5, 5.41) is 7.18. The van der Waals surface area contributed by atoms with Gasteiger partial charge in [-0.15, -0.1) is 0 Å². The Kier molecular flexibility index (Phi) is 6.64. The molecule has 154 valence electrons. The van der Waals surface area contributed by atoms with Gasteiger partial charge in [0.15, 0.2) is 6.61 Å². The maximum atomic E-state index is 12.5. The van der Waals surface area contributed by atoms with Crippen molar-refractivity contribution >= 4 is 29.4 Å². The molecule has 30 heavy (non-hydrogen) atoms. The lowest BCUT2D eigenvalue weighted by Crippen LogP contribution is -2.34. The number of hydrogen-bond acceptors (Lipinski definition) is 5. The minimum atomic E-state index is -0.712. The average Bonchev–Trinajstić information content (AvgIpc) is 3.01. The van der Waals surface area contributed by atoms with Gasteiger partial charge in [-0.05, 0) is 37.6 Å². The largest absolute Gasteiger partial charge is 0.452 e. The summed E-state index contributed by atoms with van der Waals surface area (Å²) in [6, 6.07) is 15.7. The van der Waals surface area contributed by atoms with E-state index in [-0.39, 0.29) is 5.56 Å². The molecule has 1 N–H and O–H groups in total. The van der Waals surface area contributed by atoms with Crippen molar-refractivity contribution < 1.29 is 19.1 Å². The van der Waals surface area contributed by atoms with Gasteiger partial charge < -0.3 is 4.74 Å². The molecule has 0 aliphatic rings. The van der Waals surface area contributed by atoms with Crippen molar-refractivity contribution in [2.24, 2.45) is 0 Å². The minimum absolute atomic E-state index is 0.282. The van der Waals surface area contributed by atoms with Gasteiger partial charge in [0.25, 0.3) is 11.8 Å². The number of rotatable bonds is 6. The van der Waals surface area contributed by atoms with Crippen LogP contribution in [0.5, 0.6) is 0 Å². The molecule has 0 unspecified atom stereocenters. The van der Waals surface area contributed by atoms with Crippen LogP contribution in [0.2, 0.25) is 5.02 Å². The molecule has 3 rings (SSSR count). The second kappa shape index (κ2) is 9.37. The topological polar surface area (TPSA) is 90.3 Å². The summed E-state index contributed by atoms with van der Waals surface area (Å²) in [7, 11) is 0. The highest BCUT2D eigenvalue weighted by Gasteiger charge is 2.22. The highest BCUT2D eigenvalue weighted by atomic mass is 35.5. The van der Waals surface area contributed by atoms with Crippen LogP contribution >= 0.6 is 11.6 Å². The summed E-state index contributed by atoms with van der Waals surface area (Å²) in [5.74, 6) is -1.95. The Bertz CT molecular complexity index is 1090. The lowest BCUT2D eigenvalue weighted by molar-refractivity contribution is -0.123. The Hall–Kier alpha value is -3.45. The standard InChI is InChI=1S/C22H20ClN3O4/c1-14-20(15(2)26(25-14)12-17-10-6-7-11-18(17)23)22(29)30-13-19(27)24-21(28)16-8-4-3-5-9-16/h3-11H,12-13H2,1-2H3,(H,24,27,28). The number of aryl methyl sites for hydroxylation is 1. The van der Waals surface area contributed by atoms with Gasteiger partial charge in [0.05, 0.1) is 17.9 Å². The Morgan fingerprint density at radius 1 is 1.03 bits per heavy atom. The molecule has 0 saturated carbocycles. The predicted molar refractivity (Wildman–Crippen MR) is 111 cm³/mol. The van der Waals surface area contributed by atoms with Gasteiger partial charge in [-0.1, -0.05) is 48.0 Å². The number of nitrogens with zero attached hydrogens (tertiary/aromatic N) is 2. The average molecular weight is 426 g/mol. The van der Waals surface area contributed by atoms with Crippen LogP contribution in [0.15, 0.2) is 54.6 Å². The normalized spacial score (nSPS) is 10.5. The zero-order chi connectivity index (χ0) is 21.7. The molecule has 0 aliphatic carbocycles. The summed E-state index contributed by atoms with van der Waals surface area (Å²) in [4.78, 5) is 36.5. The van der Waals surface area contributed by atoms with Gasteiger partial charge >= 0.3 is 5.97 Å². The second-order valence-electron chi connectivity index (χ2n) is 6.61. The second-order valence-corrected chi connectivity index (χ2v) is 7.02. The molecular weight excluding hydrogens is 406 g/mol. The molecule has 2 aromatic carbocycles. The van der Waals surface area contributed by atoms with Crippen LogP contribution in [-0.4, -0.2) is 34.2 Å². The zero-order valence-corrected chi connectivity index (χ0v) is 17.3. The molecule has 1 aromatic heterocycles. The van der Waals surface area contributed by atoms with E-state index in [2.05, 4.69) is 10.4 Å². The maximum absolute atomic E-state index is 12.5. The van der Waals surface area contributed by atoms with Crippen LogP contribution in [0.4, 0.5) is 0 Å². The first-order chi connectivity index (χ1) is 14.4. The first-order valence-corrected chi connectivity index (χ1v) is 9.58. The van der Waals surface area contributed by atoms with Crippen molar-refractivity contribution in [3.8, 4) is 0 Å². The van der Waals surface area contributed by atoms with Crippen LogP contribution < -0.4 is 5.32 Å². The number of amides is 2. The molecule has 0 aliphatic heterocycles. The van der Waals surface area contributed by atoms with E-state index in [0.29, 0.717) is 28.5 Å². The van der Waals surface area contributed by atoms with Gasteiger partial charge in [0, 0.05) is 10.6 Å². The number of ether oxygens (including phenoxy) is 1. The third-order valence-electron chi connectivity index (χ3n) is 4.49. The molecule has 3 aromatic rings. The fraction of sp³-hybridized carbons (Fsp3) is 0.182. The molecule has 8 heteroatoms. The van der Waals surface area contributed by atoms with E-state index in [0.717, 1.165) is 5.56 Å².